The Morgan fingerprint density at radius 2 is 2.04 bits per heavy atom. The number of methoxy groups -OCH3 is 1. The summed E-state index contributed by atoms with van der Waals surface area (Å²) in [7, 11) is 0.575. The largest absolute Gasteiger partial charge is 0.497 e. The van der Waals surface area contributed by atoms with Crippen LogP contribution in [-0.2, 0) is 15.6 Å². The lowest BCUT2D eigenvalue weighted by molar-refractivity contribution is -0.110. The Morgan fingerprint density at radius 1 is 1.35 bits per heavy atom. The number of carbonyl (C=O) groups is 1. The second kappa shape index (κ2) is 8.28. The molecule has 8 heteroatoms. The zero-order chi connectivity index (χ0) is 16.8. The molecule has 1 unspecified atom stereocenters. The molecule has 2 aromatic rings. The molecule has 0 saturated carbocycles. The Morgan fingerprint density at radius 3 is 2.57 bits per heavy atom. The van der Waals surface area contributed by atoms with Crippen LogP contribution in [0.15, 0.2) is 49.9 Å². The number of hydrogen-bond acceptors (Lipinski definition) is 7. The predicted molar refractivity (Wildman–Crippen MR) is 97.2 cm³/mol. The zero-order valence-electron chi connectivity index (χ0n) is 12.9. The molecular formula is C15H16N2O3S3. The fourth-order valence-electron chi connectivity index (χ4n) is 1.55. The summed E-state index contributed by atoms with van der Waals surface area (Å²) in [6, 6.07) is 9.06. The Hall–Kier alpha value is -1.64. The summed E-state index contributed by atoms with van der Waals surface area (Å²) in [5, 5.41) is 6.34. The summed E-state index contributed by atoms with van der Waals surface area (Å²) < 4.78 is 17.4. The molecule has 0 aliphatic rings. The Balaban J connectivity index is 2.10. The number of hydrogen-bond donors (Lipinski definition) is 1. The van der Waals surface area contributed by atoms with Crippen molar-refractivity contribution < 1.29 is 13.7 Å². The molecule has 0 amide bonds. The summed E-state index contributed by atoms with van der Waals surface area (Å²) in [4.78, 5) is 12.5. The van der Waals surface area contributed by atoms with Crippen molar-refractivity contribution in [3.8, 4) is 5.75 Å². The molecule has 0 bridgehead atoms. The van der Waals surface area contributed by atoms with Gasteiger partial charge in [0.15, 0.2) is 10.8 Å². The molecule has 0 fully saturated rings. The summed E-state index contributed by atoms with van der Waals surface area (Å²) in [5.41, 5.74) is 3.62. The van der Waals surface area contributed by atoms with Gasteiger partial charge in [0.25, 0.3) is 0 Å². The lowest BCUT2D eigenvalue weighted by Gasteiger charge is -2.04. The number of thioether (sulfide) groups is 1. The number of anilines is 1. The number of hydrazone groups is 1. The number of nitrogens with one attached hydrogen (secondary N) is 1. The molecule has 1 aromatic carbocycles. The highest BCUT2D eigenvalue weighted by Gasteiger charge is 2.12. The van der Waals surface area contributed by atoms with Crippen molar-refractivity contribution in [2.45, 2.75) is 16.0 Å². The first-order valence-corrected chi connectivity index (χ1v) is 9.83. The van der Waals surface area contributed by atoms with E-state index in [1.165, 1.54) is 30.0 Å². The summed E-state index contributed by atoms with van der Waals surface area (Å²) in [6.07, 6.45) is 1.63. The Kier molecular flexibility index (Phi) is 6.37. The molecule has 0 radical (unpaired) electrons. The van der Waals surface area contributed by atoms with E-state index in [0.717, 1.165) is 20.5 Å². The van der Waals surface area contributed by atoms with Crippen molar-refractivity contribution >= 4 is 50.4 Å². The van der Waals surface area contributed by atoms with Gasteiger partial charge in [-0.25, -0.2) is 0 Å². The van der Waals surface area contributed by atoms with Gasteiger partial charge in [0.1, 0.15) is 5.75 Å². The lowest BCUT2D eigenvalue weighted by atomic mass is 10.3. The van der Waals surface area contributed by atoms with Crippen molar-refractivity contribution in [2.75, 3.05) is 18.8 Å². The van der Waals surface area contributed by atoms with Gasteiger partial charge >= 0.3 is 0 Å². The maximum absolute atomic E-state index is 11.7. The van der Waals surface area contributed by atoms with Gasteiger partial charge in [0.05, 0.1) is 32.7 Å². The minimum atomic E-state index is -1.03. The average Bonchev–Trinajstić information content (AvgIpc) is 3.00. The molecule has 0 aliphatic carbocycles. The van der Waals surface area contributed by atoms with Crippen LogP contribution in [0.25, 0.3) is 0 Å². The standard InChI is InChI=1S/C15H16N2O3S3/c1-10(18)15(22-14-8-13(9-21-14)23(3)19)17-16-11-4-6-12(20-2)7-5-11/h4-9,16H,1-3H3. The molecule has 0 aliphatic heterocycles. The summed E-state index contributed by atoms with van der Waals surface area (Å²) in [6.45, 7) is 1.47. The van der Waals surface area contributed by atoms with Gasteiger partial charge in [-0.15, -0.1) is 11.3 Å². The molecule has 1 aromatic heterocycles. The SMILES string of the molecule is COc1ccc(NN=C(Sc2cc(S(C)=O)cs2)C(C)=O)cc1. The third kappa shape index (κ3) is 5.19. The molecule has 1 atom stereocenters. The second-order valence-electron chi connectivity index (χ2n) is 4.47. The van der Waals surface area contributed by atoms with Crippen LogP contribution in [0, 0.1) is 0 Å². The minimum Gasteiger partial charge on any atom is -0.497 e. The Labute approximate surface area is 145 Å². The van der Waals surface area contributed by atoms with E-state index in [0.29, 0.717) is 5.04 Å². The number of thiophene rings is 1. The molecule has 5 nitrogen and oxygen atoms in total. The third-order valence-corrected chi connectivity index (χ3v) is 5.96. The van der Waals surface area contributed by atoms with E-state index < -0.39 is 10.8 Å². The van der Waals surface area contributed by atoms with Gasteiger partial charge in [-0.3, -0.25) is 14.4 Å². The van der Waals surface area contributed by atoms with E-state index >= 15 is 0 Å². The van der Waals surface area contributed by atoms with Gasteiger partial charge in [0, 0.05) is 18.6 Å². The molecule has 1 heterocycles. The van der Waals surface area contributed by atoms with Crippen LogP contribution in [0.5, 0.6) is 5.75 Å². The topological polar surface area (TPSA) is 67.8 Å². The van der Waals surface area contributed by atoms with E-state index in [2.05, 4.69) is 10.5 Å². The van der Waals surface area contributed by atoms with Gasteiger partial charge < -0.3 is 4.74 Å². The third-order valence-electron chi connectivity index (χ3n) is 2.76. The van der Waals surface area contributed by atoms with Crippen molar-refractivity contribution in [3.63, 3.8) is 0 Å². The van der Waals surface area contributed by atoms with Gasteiger partial charge in [-0.2, -0.15) is 5.10 Å². The summed E-state index contributed by atoms with van der Waals surface area (Å²) >= 11 is 2.70. The second-order valence-corrected chi connectivity index (χ2v) is 8.05. The van der Waals surface area contributed by atoms with Crippen molar-refractivity contribution in [3.05, 3.63) is 35.7 Å². The molecular weight excluding hydrogens is 352 g/mol. The van der Waals surface area contributed by atoms with Gasteiger partial charge in [-0.1, -0.05) is 11.8 Å². The quantitative estimate of drug-likeness (QED) is 0.365. The van der Waals surface area contributed by atoms with Crippen molar-refractivity contribution in [2.24, 2.45) is 5.10 Å². The molecule has 0 spiro atoms. The van der Waals surface area contributed by atoms with E-state index in [1.54, 1.807) is 25.5 Å². The highest BCUT2D eigenvalue weighted by molar-refractivity contribution is 8.17. The van der Waals surface area contributed by atoms with Crippen LogP contribution in [0.4, 0.5) is 5.69 Å². The number of benzene rings is 1. The van der Waals surface area contributed by atoms with E-state index in [4.69, 9.17) is 4.74 Å². The fourth-order valence-corrected chi connectivity index (χ4v) is 4.35. The number of carbonyl (C=O) groups excluding carboxylic acids is 1. The van der Waals surface area contributed by atoms with Gasteiger partial charge in [0.2, 0.25) is 0 Å². The molecule has 1 N–H and O–H groups in total. The van der Waals surface area contributed by atoms with Crippen LogP contribution in [0.2, 0.25) is 0 Å². The first-order chi connectivity index (χ1) is 11.0. The normalized spacial score (nSPS) is 12.7. The predicted octanol–water partition coefficient (Wildman–Crippen LogP) is 3.60. The van der Waals surface area contributed by atoms with Crippen molar-refractivity contribution in [1.29, 1.82) is 0 Å². The minimum absolute atomic E-state index is 0.136. The number of rotatable bonds is 6. The van der Waals surface area contributed by atoms with E-state index in [9.17, 15) is 9.00 Å². The molecule has 0 saturated heterocycles. The van der Waals surface area contributed by atoms with Crippen LogP contribution < -0.4 is 10.2 Å². The highest BCUT2D eigenvalue weighted by atomic mass is 32.2. The highest BCUT2D eigenvalue weighted by Crippen LogP contribution is 2.29. The van der Waals surface area contributed by atoms with E-state index in [1.807, 2.05) is 23.6 Å². The number of ketones is 1. The van der Waals surface area contributed by atoms with Crippen LogP contribution in [-0.4, -0.2) is 28.4 Å². The maximum Gasteiger partial charge on any atom is 0.186 e. The van der Waals surface area contributed by atoms with Crippen LogP contribution >= 0.6 is 23.1 Å². The smallest absolute Gasteiger partial charge is 0.186 e. The average molecular weight is 369 g/mol. The maximum atomic E-state index is 11.7. The van der Waals surface area contributed by atoms with Gasteiger partial charge in [-0.05, 0) is 30.3 Å². The number of Topliss-reactive ketones (excluding diaryl/α,β-unsaturated/α-hetero) is 1. The molecule has 23 heavy (non-hydrogen) atoms. The molecule has 122 valence electrons. The fraction of sp³-hybridized carbons (Fsp3) is 0.200. The summed E-state index contributed by atoms with van der Waals surface area (Å²) in [5.74, 6) is 0.614. The first kappa shape index (κ1) is 17.7. The molecule has 2 rings (SSSR count). The monoisotopic (exact) mass is 368 g/mol. The van der Waals surface area contributed by atoms with Crippen LogP contribution in [0.1, 0.15) is 6.92 Å². The Bertz CT molecular complexity index is 739. The number of nitrogens with zero attached hydrogens (tertiary/aromatic N) is 1. The first-order valence-electron chi connectivity index (χ1n) is 6.58. The zero-order valence-corrected chi connectivity index (χ0v) is 15.3. The van der Waals surface area contributed by atoms with Crippen LogP contribution in [0.3, 0.4) is 0 Å². The lowest BCUT2D eigenvalue weighted by Crippen LogP contribution is -2.07. The van der Waals surface area contributed by atoms with Crippen molar-refractivity contribution in [1.82, 2.24) is 0 Å². The number of ether oxygens (including phenoxy) is 1. The van der Waals surface area contributed by atoms with E-state index in [-0.39, 0.29) is 5.78 Å².